The Kier molecular flexibility index (Phi) is 6.06. The number of carbonyl (C=O) groups excluding carboxylic acids is 1. The lowest BCUT2D eigenvalue weighted by Gasteiger charge is -2.32. The van der Waals surface area contributed by atoms with Crippen molar-refractivity contribution in [3.63, 3.8) is 0 Å². The maximum Gasteiger partial charge on any atom is 0.330 e. The molecule has 0 spiro atoms. The lowest BCUT2D eigenvalue weighted by Crippen LogP contribution is -2.38. The Morgan fingerprint density at radius 3 is 2.52 bits per heavy atom. The van der Waals surface area contributed by atoms with Gasteiger partial charge in [-0.2, -0.15) is 0 Å². The minimum absolute atomic E-state index is 0.180. The van der Waals surface area contributed by atoms with E-state index < -0.39 is 5.41 Å². The van der Waals surface area contributed by atoms with Gasteiger partial charge in [0, 0.05) is 18.1 Å². The molecule has 0 atom stereocenters. The van der Waals surface area contributed by atoms with Crippen molar-refractivity contribution < 1.29 is 9.63 Å². The van der Waals surface area contributed by atoms with Crippen LogP contribution in [0.15, 0.2) is 18.2 Å². The number of hydroxylamine groups is 2. The van der Waals surface area contributed by atoms with Crippen LogP contribution < -0.4 is 5.73 Å². The summed E-state index contributed by atoms with van der Waals surface area (Å²) in [4.78, 5) is 17.4. The van der Waals surface area contributed by atoms with Crippen LogP contribution in [0.3, 0.4) is 0 Å². The molecule has 0 amide bonds. The lowest BCUT2D eigenvalue weighted by atomic mass is 9.89. The van der Waals surface area contributed by atoms with Gasteiger partial charge in [-0.1, -0.05) is 23.7 Å². The minimum atomic E-state index is -0.473. The van der Waals surface area contributed by atoms with Crippen LogP contribution in [0.2, 0.25) is 5.02 Å². The van der Waals surface area contributed by atoms with Crippen LogP contribution in [0.25, 0.3) is 0 Å². The van der Waals surface area contributed by atoms with E-state index in [4.69, 9.17) is 22.2 Å². The minimum Gasteiger partial charge on any atom is -0.367 e. The molecular formula is C18H27ClN2O2. The van der Waals surface area contributed by atoms with E-state index in [0.29, 0.717) is 12.5 Å². The van der Waals surface area contributed by atoms with Crippen molar-refractivity contribution >= 4 is 17.6 Å². The van der Waals surface area contributed by atoms with Crippen LogP contribution in [-0.2, 0) is 16.1 Å². The summed E-state index contributed by atoms with van der Waals surface area (Å²) in [5, 5.41) is 2.60. The molecule has 1 aromatic rings. The van der Waals surface area contributed by atoms with Crippen LogP contribution in [0.4, 0.5) is 0 Å². The first-order valence-corrected chi connectivity index (χ1v) is 8.65. The summed E-state index contributed by atoms with van der Waals surface area (Å²) < 4.78 is 0. The van der Waals surface area contributed by atoms with Gasteiger partial charge >= 0.3 is 5.97 Å². The number of benzene rings is 1. The van der Waals surface area contributed by atoms with Crippen LogP contribution in [-0.4, -0.2) is 30.7 Å². The van der Waals surface area contributed by atoms with E-state index in [1.807, 2.05) is 26.8 Å². The molecule has 2 rings (SSSR count). The summed E-state index contributed by atoms with van der Waals surface area (Å²) in [5.41, 5.74) is 7.48. The zero-order chi connectivity index (χ0) is 17.0. The van der Waals surface area contributed by atoms with Crippen molar-refractivity contribution in [2.75, 3.05) is 19.6 Å². The van der Waals surface area contributed by atoms with Gasteiger partial charge in [-0.05, 0) is 69.7 Å². The van der Waals surface area contributed by atoms with Crippen molar-refractivity contribution in [2.45, 2.75) is 46.0 Å². The third-order valence-corrected chi connectivity index (χ3v) is 4.54. The molecule has 1 aliphatic rings. The highest BCUT2D eigenvalue weighted by atomic mass is 35.5. The SMILES string of the molecule is CC(C)(C)C(=O)ON1CCC(c2ccc(CCN)cc2Cl)CC1. The molecule has 0 aliphatic carbocycles. The quantitative estimate of drug-likeness (QED) is 0.912. The van der Waals surface area contributed by atoms with Gasteiger partial charge in [0.2, 0.25) is 0 Å². The van der Waals surface area contributed by atoms with Gasteiger partial charge in [0.15, 0.2) is 0 Å². The molecular weight excluding hydrogens is 312 g/mol. The Labute approximate surface area is 143 Å². The topological polar surface area (TPSA) is 55.6 Å². The molecule has 0 saturated carbocycles. The van der Waals surface area contributed by atoms with Crippen molar-refractivity contribution in [3.8, 4) is 0 Å². The monoisotopic (exact) mass is 338 g/mol. The third kappa shape index (κ3) is 4.93. The third-order valence-electron chi connectivity index (χ3n) is 4.22. The first kappa shape index (κ1) is 18.2. The van der Waals surface area contributed by atoms with E-state index in [9.17, 15) is 4.79 Å². The number of rotatable bonds is 4. The second-order valence-corrected chi connectivity index (χ2v) is 7.63. The van der Waals surface area contributed by atoms with E-state index in [0.717, 1.165) is 37.4 Å². The first-order chi connectivity index (χ1) is 10.8. The van der Waals surface area contributed by atoms with Crippen molar-refractivity contribution in [1.29, 1.82) is 0 Å². The Hall–Kier alpha value is -1.10. The Bertz CT molecular complexity index is 546. The van der Waals surface area contributed by atoms with E-state index in [2.05, 4.69) is 12.1 Å². The average molecular weight is 339 g/mol. The summed E-state index contributed by atoms with van der Waals surface area (Å²) in [6.07, 6.45) is 2.72. The number of piperidine rings is 1. The van der Waals surface area contributed by atoms with E-state index in [1.165, 1.54) is 11.1 Å². The van der Waals surface area contributed by atoms with E-state index in [-0.39, 0.29) is 5.97 Å². The largest absolute Gasteiger partial charge is 0.367 e. The molecule has 0 unspecified atom stereocenters. The standard InChI is InChI=1S/C18H27ClN2O2/c1-18(2,3)17(22)23-21-10-7-14(8-11-21)15-5-4-13(6-9-20)12-16(15)19/h4-5,12,14H,6-11,20H2,1-3H3. The fourth-order valence-electron chi connectivity index (χ4n) is 2.74. The van der Waals surface area contributed by atoms with Gasteiger partial charge in [-0.15, -0.1) is 5.06 Å². The van der Waals surface area contributed by atoms with Crippen LogP contribution >= 0.6 is 11.6 Å². The number of hydrogen-bond acceptors (Lipinski definition) is 4. The van der Waals surface area contributed by atoms with Crippen LogP contribution in [0.1, 0.15) is 50.7 Å². The fraction of sp³-hybridized carbons (Fsp3) is 0.611. The number of nitrogens with two attached hydrogens (primary N) is 1. The molecule has 0 radical (unpaired) electrons. The van der Waals surface area contributed by atoms with Gasteiger partial charge in [-0.25, -0.2) is 4.79 Å². The predicted octanol–water partition coefficient (Wildman–Crippen LogP) is 3.52. The molecule has 0 aromatic heterocycles. The van der Waals surface area contributed by atoms with Gasteiger partial charge in [-0.3, -0.25) is 0 Å². The molecule has 1 aliphatic heterocycles. The Balaban J connectivity index is 1.93. The maximum atomic E-state index is 11.9. The second kappa shape index (κ2) is 7.65. The van der Waals surface area contributed by atoms with Gasteiger partial charge in [0.1, 0.15) is 0 Å². The summed E-state index contributed by atoms with van der Waals surface area (Å²) in [6, 6.07) is 6.25. The maximum absolute atomic E-state index is 11.9. The molecule has 23 heavy (non-hydrogen) atoms. The van der Waals surface area contributed by atoms with Crippen molar-refractivity contribution in [1.82, 2.24) is 5.06 Å². The molecule has 1 saturated heterocycles. The number of hydrogen-bond donors (Lipinski definition) is 1. The zero-order valence-electron chi connectivity index (χ0n) is 14.3. The molecule has 4 nitrogen and oxygen atoms in total. The molecule has 1 heterocycles. The van der Waals surface area contributed by atoms with Crippen molar-refractivity contribution in [2.24, 2.45) is 11.1 Å². The van der Waals surface area contributed by atoms with Gasteiger partial charge < -0.3 is 10.6 Å². The Morgan fingerprint density at radius 1 is 1.35 bits per heavy atom. The smallest absolute Gasteiger partial charge is 0.330 e. The molecule has 128 valence electrons. The predicted molar refractivity (Wildman–Crippen MR) is 93.3 cm³/mol. The summed E-state index contributed by atoms with van der Waals surface area (Å²) >= 11 is 6.44. The van der Waals surface area contributed by atoms with Crippen molar-refractivity contribution in [3.05, 3.63) is 34.3 Å². The zero-order valence-corrected chi connectivity index (χ0v) is 15.0. The Morgan fingerprint density at radius 2 is 2.00 bits per heavy atom. The summed E-state index contributed by atoms with van der Waals surface area (Å²) in [7, 11) is 0. The van der Waals surface area contributed by atoms with E-state index >= 15 is 0 Å². The first-order valence-electron chi connectivity index (χ1n) is 8.27. The molecule has 0 bridgehead atoms. The van der Waals surface area contributed by atoms with Crippen LogP contribution in [0, 0.1) is 5.41 Å². The molecule has 1 aromatic carbocycles. The molecule has 2 N–H and O–H groups in total. The molecule has 1 fully saturated rings. The van der Waals surface area contributed by atoms with E-state index in [1.54, 1.807) is 5.06 Å². The van der Waals surface area contributed by atoms with Gasteiger partial charge in [0.25, 0.3) is 0 Å². The second-order valence-electron chi connectivity index (χ2n) is 7.23. The average Bonchev–Trinajstić information content (AvgIpc) is 2.48. The number of halogens is 1. The van der Waals surface area contributed by atoms with Crippen LogP contribution in [0.5, 0.6) is 0 Å². The fourth-order valence-corrected chi connectivity index (χ4v) is 3.09. The summed E-state index contributed by atoms with van der Waals surface area (Å²) in [5.74, 6) is 0.235. The number of carbonyl (C=O) groups is 1. The highest BCUT2D eigenvalue weighted by molar-refractivity contribution is 6.31. The van der Waals surface area contributed by atoms with Gasteiger partial charge in [0.05, 0.1) is 5.41 Å². The normalized spacial score (nSPS) is 17.3. The summed E-state index contributed by atoms with van der Waals surface area (Å²) in [6.45, 7) is 7.72. The molecule has 5 heteroatoms. The highest BCUT2D eigenvalue weighted by Crippen LogP contribution is 2.33. The highest BCUT2D eigenvalue weighted by Gasteiger charge is 2.29. The lowest BCUT2D eigenvalue weighted by molar-refractivity contribution is -0.204. The number of nitrogens with zero attached hydrogens (tertiary/aromatic N) is 1.